The van der Waals surface area contributed by atoms with Crippen molar-refractivity contribution in [2.75, 3.05) is 10.0 Å². The number of sulfonamides is 1. The topological polar surface area (TPSA) is 84.0 Å². The van der Waals surface area contributed by atoms with E-state index < -0.39 is 10.0 Å². The Morgan fingerprint density at radius 1 is 0.960 bits per heavy atom. The Balaban J connectivity index is 1.67. The molecule has 3 aromatic rings. The molecule has 0 saturated carbocycles. The van der Waals surface area contributed by atoms with E-state index in [-0.39, 0.29) is 9.92 Å². The SMILES string of the molecule is O=S(=O)(Nc1ccc(NCc2ccccn2)nc1)c1ccccc1Cl. The van der Waals surface area contributed by atoms with Gasteiger partial charge in [0, 0.05) is 6.20 Å². The number of halogens is 1. The van der Waals surface area contributed by atoms with Crippen molar-refractivity contribution in [3.05, 3.63) is 77.7 Å². The third-order valence-corrected chi connectivity index (χ3v) is 5.20. The van der Waals surface area contributed by atoms with Crippen molar-refractivity contribution in [3.63, 3.8) is 0 Å². The van der Waals surface area contributed by atoms with Crippen molar-refractivity contribution in [1.82, 2.24) is 9.97 Å². The highest BCUT2D eigenvalue weighted by atomic mass is 35.5. The number of nitrogens with one attached hydrogen (secondary N) is 2. The summed E-state index contributed by atoms with van der Waals surface area (Å²) in [6, 6.07) is 15.2. The Morgan fingerprint density at radius 2 is 1.76 bits per heavy atom. The fourth-order valence-electron chi connectivity index (χ4n) is 2.12. The normalized spacial score (nSPS) is 11.1. The lowest BCUT2D eigenvalue weighted by molar-refractivity contribution is 0.601. The van der Waals surface area contributed by atoms with Gasteiger partial charge in [-0.25, -0.2) is 13.4 Å². The number of nitrogens with zero attached hydrogens (tertiary/aromatic N) is 2. The number of benzene rings is 1. The first kappa shape index (κ1) is 17.2. The highest BCUT2D eigenvalue weighted by molar-refractivity contribution is 7.92. The lowest BCUT2D eigenvalue weighted by Gasteiger charge is -2.10. The van der Waals surface area contributed by atoms with Crippen LogP contribution in [-0.2, 0) is 16.6 Å². The highest BCUT2D eigenvalue weighted by Gasteiger charge is 2.17. The summed E-state index contributed by atoms with van der Waals surface area (Å²) < 4.78 is 27.2. The van der Waals surface area contributed by atoms with Gasteiger partial charge >= 0.3 is 0 Å². The van der Waals surface area contributed by atoms with E-state index in [4.69, 9.17) is 11.6 Å². The molecule has 0 aliphatic rings. The molecule has 2 heterocycles. The molecule has 0 aliphatic heterocycles. The second-order valence-corrected chi connectivity index (χ2v) is 7.20. The molecule has 0 bridgehead atoms. The van der Waals surface area contributed by atoms with Gasteiger partial charge in [0.1, 0.15) is 10.7 Å². The molecule has 0 unspecified atom stereocenters. The third-order valence-electron chi connectivity index (χ3n) is 3.32. The van der Waals surface area contributed by atoms with Gasteiger partial charge in [-0.1, -0.05) is 29.8 Å². The lowest BCUT2D eigenvalue weighted by Crippen LogP contribution is -2.13. The Labute approximate surface area is 151 Å². The maximum atomic E-state index is 12.4. The van der Waals surface area contributed by atoms with E-state index in [1.54, 1.807) is 30.5 Å². The van der Waals surface area contributed by atoms with Crippen LogP contribution in [0.1, 0.15) is 5.69 Å². The summed E-state index contributed by atoms with van der Waals surface area (Å²) in [6.45, 7) is 0.526. The summed E-state index contributed by atoms with van der Waals surface area (Å²) in [5.41, 5.74) is 1.23. The molecule has 0 saturated heterocycles. The number of aromatic nitrogens is 2. The molecule has 0 fully saturated rings. The van der Waals surface area contributed by atoms with Crippen molar-refractivity contribution >= 4 is 33.1 Å². The van der Waals surface area contributed by atoms with E-state index in [1.807, 2.05) is 18.2 Å². The maximum absolute atomic E-state index is 12.4. The van der Waals surface area contributed by atoms with Crippen molar-refractivity contribution in [1.29, 1.82) is 0 Å². The van der Waals surface area contributed by atoms with Crippen LogP contribution in [0.3, 0.4) is 0 Å². The van der Waals surface area contributed by atoms with Gasteiger partial charge in [0.05, 0.1) is 29.1 Å². The number of hydrogen-bond acceptors (Lipinski definition) is 5. The Morgan fingerprint density at radius 3 is 2.44 bits per heavy atom. The molecule has 2 N–H and O–H groups in total. The summed E-state index contributed by atoms with van der Waals surface area (Å²) in [7, 11) is -3.76. The Hall–Kier alpha value is -2.64. The van der Waals surface area contributed by atoms with Crippen LogP contribution in [0.5, 0.6) is 0 Å². The van der Waals surface area contributed by atoms with Crippen LogP contribution >= 0.6 is 11.6 Å². The monoisotopic (exact) mass is 374 g/mol. The molecule has 8 heteroatoms. The van der Waals surface area contributed by atoms with Crippen LogP contribution < -0.4 is 10.0 Å². The predicted molar refractivity (Wildman–Crippen MR) is 98.1 cm³/mol. The second-order valence-electron chi connectivity index (χ2n) is 5.14. The molecule has 128 valence electrons. The van der Waals surface area contributed by atoms with Crippen LogP contribution in [0.2, 0.25) is 5.02 Å². The van der Waals surface area contributed by atoms with Gasteiger partial charge in [0.25, 0.3) is 10.0 Å². The van der Waals surface area contributed by atoms with Gasteiger partial charge < -0.3 is 5.32 Å². The van der Waals surface area contributed by atoms with Crippen LogP contribution in [0, 0.1) is 0 Å². The summed E-state index contributed by atoms with van der Waals surface area (Å²) in [6.07, 6.45) is 3.16. The summed E-state index contributed by atoms with van der Waals surface area (Å²) in [4.78, 5) is 8.42. The van der Waals surface area contributed by atoms with Gasteiger partial charge in [0.15, 0.2) is 0 Å². The van der Waals surface area contributed by atoms with E-state index in [0.29, 0.717) is 18.1 Å². The van der Waals surface area contributed by atoms with Gasteiger partial charge in [-0.15, -0.1) is 0 Å². The van der Waals surface area contributed by atoms with Gasteiger partial charge in [-0.05, 0) is 36.4 Å². The fourth-order valence-corrected chi connectivity index (χ4v) is 3.68. The zero-order valence-electron chi connectivity index (χ0n) is 13.1. The molecule has 0 amide bonds. The molecule has 2 aromatic heterocycles. The van der Waals surface area contributed by atoms with Crippen molar-refractivity contribution in [3.8, 4) is 0 Å². The quantitative estimate of drug-likeness (QED) is 0.689. The minimum Gasteiger partial charge on any atom is -0.364 e. The van der Waals surface area contributed by atoms with Gasteiger partial charge in [0.2, 0.25) is 0 Å². The highest BCUT2D eigenvalue weighted by Crippen LogP contribution is 2.23. The lowest BCUT2D eigenvalue weighted by atomic mass is 10.3. The molecule has 1 aromatic carbocycles. The zero-order chi connectivity index (χ0) is 17.7. The van der Waals surface area contributed by atoms with Crippen LogP contribution in [0.25, 0.3) is 0 Å². The minimum atomic E-state index is -3.76. The van der Waals surface area contributed by atoms with Gasteiger partial charge in [-0.3, -0.25) is 9.71 Å². The number of rotatable bonds is 6. The largest absolute Gasteiger partial charge is 0.364 e. The summed E-state index contributed by atoms with van der Waals surface area (Å²) in [5, 5.41) is 3.28. The third kappa shape index (κ3) is 4.46. The summed E-state index contributed by atoms with van der Waals surface area (Å²) in [5.74, 6) is 0.617. The molecule has 0 atom stereocenters. The first-order chi connectivity index (χ1) is 12.0. The molecular weight excluding hydrogens is 360 g/mol. The van der Waals surface area contributed by atoms with E-state index in [2.05, 4.69) is 20.0 Å². The van der Waals surface area contributed by atoms with Crippen LogP contribution in [0.15, 0.2) is 71.9 Å². The van der Waals surface area contributed by atoms with Gasteiger partial charge in [-0.2, -0.15) is 0 Å². The van der Waals surface area contributed by atoms with Crippen LogP contribution in [0.4, 0.5) is 11.5 Å². The first-order valence-corrected chi connectivity index (χ1v) is 9.28. The number of hydrogen-bond donors (Lipinski definition) is 2. The number of pyridine rings is 2. The average molecular weight is 375 g/mol. The maximum Gasteiger partial charge on any atom is 0.263 e. The average Bonchev–Trinajstić information content (AvgIpc) is 2.62. The van der Waals surface area contributed by atoms with Crippen molar-refractivity contribution < 1.29 is 8.42 Å². The molecular formula is C17H15ClN4O2S. The molecule has 0 radical (unpaired) electrons. The molecule has 0 spiro atoms. The minimum absolute atomic E-state index is 0.0222. The standard InChI is InChI=1S/C17H15ClN4O2S/c18-15-6-1-2-7-16(15)25(23,24)22-14-8-9-17(21-12-14)20-11-13-5-3-4-10-19-13/h1-10,12,22H,11H2,(H,20,21). The van der Waals surface area contributed by atoms with E-state index in [9.17, 15) is 8.42 Å². The zero-order valence-corrected chi connectivity index (χ0v) is 14.6. The van der Waals surface area contributed by atoms with Crippen molar-refractivity contribution in [2.24, 2.45) is 0 Å². The number of anilines is 2. The van der Waals surface area contributed by atoms with Crippen LogP contribution in [-0.4, -0.2) is 18.4 Å². The first-order valence-electron chi connectivity index (χ1n) is 7.42. The Bertz CT molecular complexity index is 948. The fraction of sp³-hybridized carbons (Fsp3) is 0.0588. The van der Waals surface area contributed by atoms with E-state index in [0.717, 1.165) is 5.69 Å². The van der Waals surface area contributed by atoms with E-state index >= 15 is 0 Å². The smallest absolute Gasteiger partial charge is 0.263 e. The summed E-state index contributed by atoms with van der Waals surface area (Å²) >= 11 is 5.95. The Kier molecular flexibility index (Phi) is 5.16. The van der Waals surface area contributed by atoms with E-state index in [1.165, 1.54) is 18.3 Å². The molecule has 3 rings (SSSR count). The van der Waals surface area contributed by atoms with Crippen molar-refractivity contribution in [2.45, 2.75) is 11.4 Å². The second kappa shape index (κ2) is 7.50. The predicted octanol–water partition coefficient (Wildman–Crippen LogP) is 3.54. The molecule has 25 heavy (non-hydrogen) atoms. The molecule has 6 nitrogen and oxygen atoms in total. The molecule has 0 aliphatic carbocycles.